The summed E-state index contributed by atoms with van der Waals surface area (Å²) in [6.45, 7) is 0. The van der Waals surface area contributed by atoms with E-state index in [-0.39, 0.29) is 0 Å². The maximum atomic E-state index is 6.56. The third-order valence-corrected chi connectivity index (χ3v) is 15.0. The van der Waals surface area contributed by atoms with E-state index in [1.807, 2.05) is 11.3 Å². The van der Waals surface area contributed by atoms with Gasteiger partial charge in [0.25, 0.3) is 0 Å². The van der Waals surface area contributed by atoms with E-state index in [1.54, 1.807) is 0 Å². The highest BCUT2D eigenvalue weighted by atomic mass is 32.1. The van der Waals surface area contributed by atoms with Crippen LogP contribution in [0.4, 0.5) is 17.1 Å². The van der Waals surface area contributed by atoms with Crippen LogP contribution in [0.3, 0.4) is 0 Å². The average Bonchev–Trinajstić information content (AvgIpc) is 4.00. The average molecular weight is 832 g/mol. The number of fused-ring (bicyclic) bond motifs is 18. The third-order valence-electron chi connectivity index (χ3n) is 13.9. The second-order valence-electron chi connectivity index (χ2n) is 17.1. The van der Waals surface area contributed by atoms with Crippen molar-refractivity contribution in [3.05, 3.63) is 247 Å². The summed E-state index contributed by atoms with van der Waals surface area (Å²) in [4.78, 5) is 2.45. The van der Waals surface area contributed by atoms with Gasteiger partial charge in [-0.3, -0.25) is 0 Å². The van der Waals surface area contributed by atoms with Gasteiger partial charge in [-0.1, -0.05) is 164 Å². The Balaban J connectivity index is 1.11. The first kappa shape index (κ1) is 35.6. The van der Waals surface area contributed by atoms with E-state index in [2.05, 4.69) is 229 Å². The molecule has 1 unspecified atom stereocenters. The van der Waals surface area contributed by atoms with E-state index in [0.29, 0.717) is 0 Å². The van der Waals surface area contributed by atoms with Gasteiger partial charge in [-0.25, -0.2) is 0 Å². The van der Waals surface area contributed by atoms with E-state index in [4.69, 9.17) is 4.42 Å². The van der Waals surface area contributed by atoms with Crippen molar-refractivity contribution in [2.75, 3.05) is 4.90 Å². The van der Waals surface area contributed by atoms with Crippen molar-refractivity contribution in [2.24, 2.45) is 0 Å². The number of anilines is 3. The van der Waals surface area contributed by atoms with Gasteiger partial charge in [-0.2, -0.15) is 0 Å². The first-order valence-corrected chi connectivity index (χ1v) is 22.8. The number of para-hydroxylation sites is 1. The maximum absolute atomic E-state index is 6.56. The highest BCUT2D eigenvalue weighted by molar-refractivity contribution is 7.25. The van der Waals surface area contributed by atoms with Crippen molar-refractivity contribution in [2.45, 2.75) is 5.41 Å². The van der Waals surface area contributed by atoms with Crippen molar-refractivity contribution in [3.63, 3.8) is 0 Å². The molecule has 0 radical (unpaired) electrons. The van der Waals surface area contributed by atoms with E-state index < -0.39 is 5.41 Å². The van der Waals surface area contributed by atoms with Crippen LogP contribution >= 0.6 is 11.3 Å². The van der Waals surface area contributed by atoms with E-state index in [1.165, 1.54) is 86.9 Å². The number of hydrogen-bond acceptors (Lipinski definition) is 3. The van der Waals surface area contributed by atoms with Crippen molar-refractivity contribution >= 4 is 70.5 Å². The molecule has 64 heavy (non-hydrogen) atoms. The van der Waals surface area contributed by atoms with Crippen molar-refractivity contribution in [3.8, 4) is 44.5 Å². The molecule has 1 atom stereocenters. The Morgan fingerprint density at radius 2 is 0.922 bits per heavy atom. The number of benzene rings is 10. The van der Waals surface area contributed by atoms with Gasteiger partial charge in [-0.05, 0) is 127 Å². The summed E-state index contributed by atoms with van der Waals surface area (Å²) in [6, 6.07) is 83.1. The molecule has 2 nitrogen and oxygen atoms in total. The van der Waals surface area contributed by atoms with Gasteiger partial charge in [0.1, 0.15) is 11.2 Å². The van der Waals surface area contributed by atoms with E-state index >= 15 is 0 Å². The molecule has 0 aliphatic heterocycles. The molecule has 10 aromatic carbocycles. The number of thiophene rings is 1. The van der Waals surface area contributed by atoms with Crippen LogP contribution in [0.5, 0.6) is 0 Å². The van der Waals surface area contributed by atoms with Crippen molar-refractivity contribution < 1.29 is 4.42 Å². The molecule has 0 N–H and O–H groups in total. The largest absolute Gasteiger partial charge is 0.456 e. The zero-order valence-corrected chi connectivity index (χ0v) is 35.4. The monoisotopic (exact) mass is 831 g/mol. The molecular formula is C61H37NOS. The summed E-state index contributed by atoms with van der Waals surface area (Å²) in [5, 5.41) is 4.82. The fourth-order valence-electron chi connectivity index (χ4n) is 11.2. The zero-order chi connectivity index (χ0) is 41.9. The van der Waals surface area contributed by atoms with Crippen LogP contribution in [0.1, 0.15) is 22.3 Å². The second-order valence-corrected chi connectivity index (χ2v) is 18.2. The van der Waals surface area contributed by atoms with Crippen LogP contribution in [-0.4, -0.2) is 0 Å². The first-order chi connectivity index (χ1) is 31.7. The molecule has 3 heteroatoms. The normalized spacial score (nSPS) is 14.6. The molecule has 2 aliphatic rings. The van der Waals surface area contributed by atoms with Crippen molar-refractivity contribution in [1.82, 2.24) is 0 Å². The van der Waals surface area contributed by atoms with Gasteiger partial charge < -0.3 is 9.32 Å². The van der Waals surface area contributed by atoms with Crippen LogP contribution in [0.15, 0.2) is 229 Å². The van der Waals surface area contributed by atoms with Gasteiger partial charge in [0.2, 0.25) is 0 Å². The lowest BCUT2D eigenvalue weighted by Crippen LogP contribution is -2.29. The molecule has 1 spiro atoms. The van der Waals surface area contributed by atoms with E-state index in [0.717, 1.165) is 39.0 Å². The Morgan fingerprint density at radius 3 is 1.70 bits per heavy atom. The van der Waals surface area contributed by atoms with Crippen LogP contribution in [0.25, 0.3) is 86.6 Å². The molecule has 0 saturated carbocycles. The van der Waals surface area contributed by atoms with Gasteiger partial charge in [0.05, 0.1) is 16.5 Å². The Morgan fingerprint density at radius 1 is 0.344 bits per heavy atom. The Bertz CT molecular complexity index is 3860. The molecular weight excluding hydrogens is 795 g/mol. The predicted octanol–water partition coefficient (Wildman–Crippen LogP) is 17.1. The first-order valence-electron chi connectivity index (χ1n) is 22.0. The minimum atomic E-state index is -0.644. The lowest BCUT2D eigenvalue weighted by atomic mass is 9.65. The van der Waals surface area contributed by atoms with E-state index in [9.17, 15) is 0 Å². The lowest BCUT2D eigenvalue weighted by Gasteiger charge is -2.36. The Kier molecular flexibility index (Phi) is 7.51. The third kappa shape index (κ3) is 4.90. The fraction of sp³-hybridized carbons (Fsp3) is 0.0164. The molecule has 2 aliphatic carbocycles. The molecule has 2 heterocycles. The lowest BCUT2D eigenvalue weighted by molar-refractivity contribution is 0.669. The number of nitrogens with zero attached hydrogens (tertiary/aromatic N) is 1. The standard InChI is InChI=1S/C61H37NOS/c1-2-15-38(16-3-1)39-29-31-40(32-30-39)62(55-25-14-27-57-60(55)48-22-8-12-26-56(48)63-57)41-33-34-46-43-18-5-4-17-42(43)44-19-6-10-23-51(44)61(53(46)35-41)52-24-11-7-20-45(52)49-36-50-47-21-9-13-28-58(47)64-59(50)37-54(49)61/h1-37H. The second kappa shape index (κ2) is 13.5. The minimum absolute atomic E-state index is 0.644. The van der Waals surface area contributed by atoms with Gasteiger partial charge in [0.15, 0.2) is 0 Å². The SMILES string of the molecule is c1ccc(-c2ccc(N(c3ccc4c(c3)C3(c5ccccc5-c5ccccc5-4)c4ccccc4-c4cc5c(cc43)sc3ccccc35)c3cccc4oc5ccccc5c34)cc2)cc1. The molecule has 0 fully saturated rings. The summed E-state index contributed by atoms with van der Waals surface area (Å²) in [7, 11) is 0. The maximum Gasteiger partial charge on any atom is 0.137 e. The molecule has 0 amide bonds. The van der Waals surface area contributed by atoms with Crippen molar-refractivity contribution in [1.29, 1.82) is 0 Å². The van der Waals surface area contributed by atoms with Crippen LogP contribution < -0.4 is 4.90 Å². The van der Waals surface area contributed by atoms with Crippen LogP contribution in [0, 0.1) is 0 Å². The topological polar surface area (TPSA) is 16.4 Å². The smallest absolute Gasteiger partial charge is 0.137 e. The molecule has 0 bridgehead atoms. The summed E-state index contributed by atoms with van der Waals surface area (Å²) in [5.74, 6) is 0. The quantitative estimate of drug-likeness (QED) is 0.176. The van der Waals surface area contributed by atoms with Crippen LogP contribution in [-0.2, 0) is 5.41 Å². The van der Waals surface area contributed by atoms with Gasteiger partial charge in [0, 0.05) is 36.9 Å². The molecule has 298 valence electrons. The molecule has 0 saturated heterocycles. The Hall–Kier alpha value is -7.98. The fourth-order valence-corrected chi connectivity index (χ4v) is 12.4. The number of hydrogen-bond donors (Lipinski definition) is 0. The van der Waals surface area contributed by atoms with Crippen LogP contribution in [0.2, 0.25) is 0 Å². The summed E-state index contributed by atoms with van der Waals surface area (Å²) < 4.78 is 9.19. The minimum Gasteiger partial charge on any atom is -0.456 e. The zero-order valence-electron chi connectivity index (χ0n) is 34.6. The highest BCUT2D eigenvalue weighted by Crippen LogP contribution is 2.63. The van der Waals surface area contributed by atoms with Gasteiger partial charge in [-0.15, -0.1) is 11.3 Å². The predicted molar refractivity (Wildman–Crippen MR) is 268 cm³/mol. The molecule has 12 aromatic rings. The number of rotatable bonds is 4. The molecule has 14 rings (SSSR count). The summed E-state index contributed by atoms with van der Waals surface area (Å²) in [5.41, 5.74) is 19.5. The summed E-state index contributed by atoms with van der Waals surface area (Å²) >= 11 is 1.90. The summed E-state index contributed by atoms with van der Waals surface area (Å²) in [6.07, 6.45) is 0. The highest BCUT2D eigenvalue weighted by Gasteiger charge is 2.50. The number of furan rings is 1. The Labute approximate surface area is 374 Å². The van der Waals surface area contributed by atoms with Gasteiger partial charge >= 0.3 is 0 Å². The molecule has 2 aromatic heterocycles.